The number of carbonyl (C=O) groups excluding carboxylic acids is 1. The Labute approximate surface area is 145 Å². The van der Waals surface area contributed by atoms with Crippen molar-refractivity contribution in [2.24, 2.45) is 0 Å². The molecular formula is C18H18FN3OS. The van der Waals surface area contributed by atoms with Gasteiger partial charge in [-0.25, -0.2) is 4.39 Å². The fourth-order valence-electron chi connectivity index (χ4n) is 2.94. The Bertz CT molecular complexity index is 721. The molecular weight excluding hydrogens is 325 g/mol. The van der Waals surface area contributed by atoms with Gasteiger partial charge in [0.05, 0.1) is 6.04 Å². The largest absolute Gasteiger partial charge is 0.342 e. The average molecular weight is 343 g/mol. The number of thiocarbonyl (C=S) groups is 1. The molecule has 0 radical (unpaired) electrons. The van der Waals surface area contributed by atoms with E-state index in [9.17, 15) is 9.18 Å². The van der Waals surface area contributed by atoms with Crippen LogP contribution in [0.5, 0.6) is 0 Å². The van der Waals surface area contributed by atoms with Crippen LogP contribution in [0.3, 0.4) is 0 Å². The molecule has 2 heterocycles. The molecule has 1 fully saturated rings. The van der Waals surface area contributed by atoms with Crippen LogP contribution < -0.4 is 5.32 Å². The predicted molar refractivity (Wildman–Crippen MR) is 94.0 cm³/mol. The summed E-state index contributed by atoms with van der Waals surface area (Å²) in [5.74, 6) is -0.697. The van der Waals surface area contributed by atoms with Gasteiger partial charge >= 0.3 is 0 Å². The van der Waals surface area contributed by atoms with E-state index in [1.54, 1.807) is 6.20 Å². The SMILES string of the molecule is O=C(NC(=S)N1CCCC[C@H]1c1cccnc1)c1ccc(F)cc1. The zero-order valence-corrected chi connectivity index (χ0v) is 13.9. The van der Waals surface area contributed by atoms with Crippen LogP contribution in [0.25, 0.3) is 0 Å². The minimum absolute atomic E-state index is 0.119. The molecule has 1 aromatic carbocycles. The number of hydrogen-bond donors (Lipinski definition) is 1. The van der Waals surface area contributed by atoms with E-state index in [4.69, 9.17) is 12.2 Å². The third-order valence-corrected chi connectivity index (χ3v) is 4.50. The Morgan fingerprint density at radius 1 is 1.25 bits per heavy atom. The molecule has 1 aliphatic rings. The number of hydrogen-bond acceptors (Lipinski definition) is 3. The van der Waals surface area contributed by atoms with Crippen LogP contribution in [0.4, 0.5) is 4.39 Å². The molecule has 124 valence electrons. The van der Waals surface area contributed by atoms with Crippen LogP contribution >= 0.6 is 12.2 Å². The molecule has 1 amide bonds. The zero-order valence-electron chi connectivity index (χ0n) is 13.1. The van der Waals surface area contributed by atoms with Crippen molar-refractivity contribution in [3.8, 4) is 0 Å². The molecule has 0 saturated carbocycles. The summed E-state index contributed by atoms with van der Waals surface area (Å²) in [5, 5.41) is 3.16. The molecule has 24 heavy (non-hydrogen) atoms. The van der Waals surface area contributed by atoms with Crippen molar-refractivity contribution >= 4 is 23.2 Å². The standard InChI is InChI=1S/C18H18FN3OS/c19-15-8-6-13(7-9-15)17(23)21-18(24)22-11-2-1-5-16(22)14-4-3-10-20-12-14/h3-4,6-10,12,16H,1-2,5,11H2,(H,21,23,24)/t16-/m0/s1. The van der Waals surface area contributed by atoms with Gasteiger partial charge in [0.1, 0.15) is 5.82 Å². The lowest BCUT2D eigenvalue weighted by Gasteiger charge is -2.37. The monoisotopic (exact) mass is 343 g/mol. The lowest BCUT2D eigenvalue weighted by atomic mass is 9.97. The minimum Gasteiger partial charge on any atom is -0.342 e. The van der Waals surface area contributed by atoms with Crippen LogP contribution in [-0.2, 0) is 0 Å². The molecule has 2 aromatic rings. The Kier molecular flexibility index (Phi) is 5.15. The molecule has 1 N–H and O–H groups in total. The van der Waals surface area contributed by atoms with Crippen molar-refractivity contribution in [2.45, 2.75) is 25.3 Å². The highest BCUT2D eigenvalue weighted by molar-refractivity contribution is 7.80. The van der Waals surface area contributed by atoms with E-state index in [0.29, 0.717) is 10.7 Å². The van der Waals surface area contributed by atoms with Crippen LogP contribution in [0, 0.1) is 5.82 Å². The molecule has 6 heteroatoms. The molecule has 3 rings (SSSR count). The Balaban J connectivity index is 1.72. The lowest BCUT2D eigenvalue weighted by molar-refractivity contribution is 0.0969. The van der Waals surface area contributed by atoms with Crippen molar-refractivity contribution in [1.82, 2.24) is 15.2 Å². The first-order chi connectivity index (χ1) is 11.6. The Morgan fingerprint density at radius 3 is 2.75 bits per heavy atom. The van der Waals surface area contributed by atoms with Crippen LogP contribution in [0.2, 0.25) is 0 Å². The molecule has 4 nitrogen and oxygen atoms in total. The third kappa shape index (κ3) is 3.76. The van der Waals surface area contributed by atoms with Gasteiger partial charge in [-0.1, -0.05) is 6.07 Å². The van der Waals surface area contributed by atoms with Gasteiger partial charge in [-0.3, -0.25) is 15.1 Å². The number of likely N-dealkylation sites (tertiary alicyclic amines) is 1. The minimum atomic E-state index is -0.373. The quantitative estimate of drug-likeness (QED) is 0.848. The number of carbonyl (C=O) groups is 1. The maximum Gasteiger partial charge on any atom is 0.257 e. The molecule has 1 atom stereocenters. The van der Waals surface area contributed by atoms with Gasteiger partial charge < -0.3 is 4.90 Å². The maximum absolute atomic E-state index is 13.0. The van der Waals surface area contributed by atoms with Gasteiger partial charge in [0.25, 0.3) is 5.91 Å². The highest BCUT2D eigenvalue weighted by atomic mass is 32.1. The number of rotatable bonds is 2. The van der Waals surface area contributed by atoms with E-state index < -0.39 is 0 Å². The van der Waals surface area contributed by atoms with Crippen molar-refractivity contribution in [3.05, 3.63) is 65.7 Å². The van der Waals surface area contributed by atoms with E-state index in [-0.39, 0.29) is 17.8 Å². The van der Waals surface area contributed by atoms with E-state index in [0.717, 1.165) is 31.4 Å². The summed E-state index contributed by atoms with van der Waals surface area (Å²) in [7, 11) is 0. The number of piperidine rings is 1. The van der Waals surface area contributed by atoms with E-state index in [2.05, 4.69) is 10.3 Å². The van der Waals surface area contributed by atoms with Crippen LogP contribution in [0.15, 0.2) is 48.8 Å². The van der Waals surface area contributed by atoms with Crippen LogP contribution in [0.1, 0.15) is 41.2 Å². The number of nitrogens with one attached hydrogen (secondary N) is 1. The number of benzene rings is 1. The molecule has 1 aliphatic heterocycles. The first-order valence-electron chi connectivity index (χ1n) is 7.92. The van der Waals surface area contributed by atoms with Gasteiger partial charge in [0.2, 0.25) is 0 Å². The average Bonchev–Trinajstić information content (AvgIpc) is 2.63. The van der Waals surface area contributed by atoms with E-state index >= 15 is 0 Å². The van der Waals surface area contributed by atoms with Gasteiger partial charge in [0, 0.05) is 24.5 Å². The fourth-order valence-corrected chi connectivity index (χ4v) is 3.25. The number of nitrogens with zero attached hydrogens (tertiary/aromatic N) is 2. The molecule has 1 saturated heterocycles. The van der Waals surface area contributed by atoms with Crippen molar-refractivity contribution in [1.29, 1.82) is 0 Å². The predicted octanol–water partition coefficient (Wildman–Crippen LogP) is 3.46. The first kappa shape index (κ1) is 16.5. The Hall–Kier alpha value is -2.34. The second kappa shape index (κ2) is 7.49. The van der Waals surface area contributed by atoms with Crippen molar-refractivity contribution < 1.29 is 9.18 Å². The smallest absolute Gasteiger partial charge is 0.257 e. The highest BCUT2D eigenvalue weighted by Gasteiger charge is 2.27. The summed E-state index contributed by atoms with van der Waals surface area (Å²) >= 11 is 5.45. The number of aromatic nitrogens is 1. The summed E-state index contributed by atoms with van der Waals surface area (Å²) < 4.78 is 13.0. The summed E-state index contributed by atoms with van der Waals surface area (Å²) in [6, 6.07) is 9.47. The summed E-state index contributed by atoms with van der Waals surface area (Å²) in [4.78, 5) is 18.5. The molecule has 0 spiro atoms. The molecule has 0 aliphatic carbocycles. The third-order valence-electron chi connectivity index (χ3n) is 4.16. The zero-order chi connectivity index (χ0) is 16.9. The Morgan fingerprint density at radius 2 is 2.04 bits per heavy atom. The maximum atomic E-state index is 13.0. The van der Waals surface area contributed by atoms with Crippen molar-refractivity contribution in [3.63, 3.8) is 0 Å². The van der Waals surface area contributed by atoms with E-state index in [1.807, 2.05) is 23.2 Å². The normalized spacial score (nSPS) is 17.4. The van der Waals surface area contributed by atoms with Crippen LogP contribution in [-0.4, -0.2) is 27.4 Å². The molecule has 0 unspecified atom stereocenters. The summed E-state index contributed by atoms with van der Waals surface area (Å²) in [6.45, 7) is 0.794. The van der Waals surface area contributed by atoms with Gasteiger partial charge in [-0.15, -0.1) is 0 Å². The van der Waals surface area contributed by atoms with Gasteiger partial charge in [-0.2, -0.15) is 0 Å². The molecule has 0 bridgehead atoms. The summed E-state index contributed by atoms with van der Waals surface area (Å²) in [6.07, 6.45) is 6.70. The number of halogens is 1. The molecule has 1 aromatic heterocycles. The lowest BCUT2D eigenvalue weighted by Crippen LogP contribution is -2.46. The summed E-state index contributed by atoms with van der Waals surface area (Å²) in [5.41, 5.74) is 1.48. The number of amides is 1. The van der Waals surface area contributed by atoms with Gasteiger partial charge in [-0.05, 0) is 67.4 Å². The fraction of sp³-hybridized carbons (Fsp3) is 0.278. The first-order valence-corrected chi connectivity index (χ1v) is 8.33. The van der Waals surface area contributed by atoms with Crippen molar-refractivity contribution in [2.75, 3.05) is 6.54 Å². The van der Waals surface area contributed by atoms with E-state index in [1.165, 1.54) is 24.3 Å². The van der Waals surface area contributed by atoms with Gasteiger partial charge in [0.15, 0.2) is 5.11 Å². The number of pyridine rings is 1. The topological polar surface area (TPSA) is 45.2 Å². The second-order valence-electron chi connectivity index (χ2n) is 5.76. The second-order valence-corrected chi connectivity index (χ2v) is 6.14. The highest BCUT2D eigenvalue weighted by Crippen LogP contribution is 2.30.